The maximum atomic E-state index is 11.6. The molecule has 2 aliphatic heterocycles. The molecule has 4 aromatic heterocycles. The van der Waals surface area contributed by atoms with Gasteiger partial charge in [0.15, 0.2) is 21.2 Å². The third kappa shape index (κ3) is 8.23. The molecule has 6 N–H and O–H groups in total. The summed E-state index contributed by atoms with van der Waals surface area (Å²) in [7, 11) is 0. The van der Waals surface area contributed by atoms with Gasteiger partial charge in [-0.2, -0.15) is 0 Å². The summed E-state index contributed by atoms with van der Waals surface area (Å²) in [5.74, 6) is 13.2. The lowest BCUT2D eigenvalue weighted by atomic mass is 10.0. The number of rotatable bonds is 4. The topological polar surface area (TPSA) is 223 Å². The summed E-state index contributed by atoms with van der Waals surface area (Å²) in [5, 5.41) is 29.5. The molecule has 6 aromatic rings. The van der Waals surface area contributed by atoms with Crippen LogP contribution in [-0.2, 0) is 11.2 Å². The van der Waals surface area contributed by atoms with Crippen molar-refractivity contribution in [2.24, 2.45) is 11.5 Å². The lowest BCUT2D eigenvalue weighted by Gasteiger charge is -2.12. The molecule has 0 spiro atoms. The lowest BCUT2D eigenvalue weighted by molar-refractivity contribution is 0.0991. The van der Waals surface area contributed by atoms with Crippen LogP contribution in [0.5, 0.6) is 11.5 Å². The number of nitrogens with zero attached hydrogens (tertiary/aromatic N) is 4. The van der Waals surface area contributed by atoms with Crippen LogP contribution in [0.4, 0.5) is 0 Å². The fraction of sp³-hybridized carbons (Fsp3) is 0.286. The van der Waals surface area contributed by atoms with Crippen LogP contribution in [0, 0.1) is 37.5 Å². The van der Waals surface area contributed by atoms with Gasteiger partial charge < -0.3 is 40.2 Å². The molecule has 0 unspecified atom stereocenters. The summed E-state index contributed by atoms with van der Waals surface area (Å²) in [6.07, 6.45) is 0. The van der Waals surface area contributed by atoms with Crippen LogP contribution in [0.15, 0.2) is 57.6 Å². The molecular weight excluding hydrogens is 781 g/mol. The summed E-state index contributed by atoms with van der Waals surface area (Å²) in [6.45, 7) is 11.6. The molecule has 0 bridgehead atoms. The lowest BCUT2D eigenvalue weighted by Crippen LogP contribution is -2.18. The Kier molecular flexibility index (Phi) is 10.7. The van der Waals surface area contributed by atoms with Gasteiger partial charge in [0.25, 0.3) is 11.8 Å². The van der Waals surface area contributed by atoms with E-state index in [4.69, 9.17) is 30.0 Å². The van der Waals surface area contributed by atoms with Gasteiger partial charge in [-0.1, -0.05) is 47.8 Å². The first kappa shape index (κ1) is 39.9. The average molecular weight is 819 g/mol. The number of ether oxygens (including phenoxy) is 2. The molecule has 0 saturated carbocycles. The van der Waals surface area contributed by atoms with Crippen molar-refractivity contribution in [3.8, 4) is 57.7 Å². The number of hydrogen-bond acceptors (Lipinski definition) is 14. The molecule has 14 nitrogen and oxygen atoms in total. The van der Waals surface area contributed by atoms with Gasteiger partial charge in [0, 0.05) is 56.0 Å². The highest BCUT2D eigenvalue weighted by atomic mass is 32.1. The van der Waals surface area contributed by atoms with E-state index in [1.807, 2.05) is 50.2 Å². The van der Waals surface area contributed by atoms with Crippen molar-refractivity contribution < 1.29 is 38.3 Å². The van der Waals surface area contributed by atoms with E-state index in [0.29, 0.717) is 70.1 Å². The van der Waals surface area contributed by atoms with E-state index in [9.17, 15) is 19.8 Å². The van der Waals surface area contributed by atoms with Crippen LogP contribution in [0.3, 0.4) is 0 Å². The zero-order chi connectivity index (χ0) is 41.5. The number of fused-ring (bicyclic) bond motifs is 6. The Morgan fingerprint density at radius 2 is 1.10 bits per heavy atom. The normalized spacial score (nSPS) is 17.0. The number of carbonyl (C=O) groups is 2. The molecule has 8 rings (SSSR count). The summed E-state index contributed by atoms with van der Waals surface area (Å²) >= 11 is 2.58. The number of thiazole rings is 2. The summed E-state index contributed by atoms with van der Waals surface area (Å²) in [5.41, 5.74) is 12.8. The molecule has 0 aliphatic carbocycles. The fourth-order valence-electron chi connectivity index (χ4n) is 6.05. The number of aliphatic hydroxyl groups is 2. The second-order valence-electron chi connectivity index (χ2n) is 14.3. The van der Waals surface area contributed by atoms with E-state index in [-0.39, 0.29) is 21.9 Å². The number of nitrogens with two attached hydrogens (primary N) is 2. The number of carbonyl (C=O) groups excluding carboxylic acids is 2. The molecule has 0 saturated heterocycles. The van der Waals surface area contributed by atoms with E-state index >= 15 is 0 Å². The zero-order valence-corrected chi connectivity index (χ0v) is 33.9. The largest absolute Gasteiger partial charge is 0.492 e. The third-order valence-electron chi connectivity index (χ3n) is 9.22. The second kappa shape index (κ2) is 15.6. The molecule has 16 heteroatoms. The van der Waals surface area contributed by atoms with Gasteiger partial charge in [-0.05, 0) is 64.1 Å². The van der Waals surface area contributed by atoms with Crippen LogP contribution in [-0.4, -0.2) is 55.5 Å². The molecular formula is C42H38N6O8S2. The monoisotopic (exact) mass is 818 g/mol. The van der Waals surface area contributed by atoms with Gasteiger partial charge in [0.2, 0.25) is 0 Å². The van der Waals surface area contributed by atoms with Crippen LogP contribution in [0.1, 0.15) is 103 Å². The van der Waals surface area contributed by atoms with Crippen LogP contribution in [0.2, 0.25) is 0 Å². The van der Waals surface area contributed by atoms with Crippen LogP contribution in [0.25, 0.3) is 22.5 Å². The molecule has 58 heavy (non-hydrogen) atoms. The zero-order valence-electron chi connectivity index (χ0n) is 32.3. The molecule has 2 amide bonds. The molecule has 2 aromatic carbocycles. The summed E-state index contributed by atoms with van der Waals surface area (Å²) < 4.78 is 21.9. The molecule has 0 fully saturated rings. The second-order valence-corrected chi connectivity index (χ2v) is 16.4. The smallest absolute Gasteiger partial charge is 0.277 e. The van der Waals surface area contributed by atoms with Crippen molar-refractivity contribution in [1.82, 2.24) is 20.3 Å². The number of primary amides is 2. The highest BCUT2D eigenvalue weighted by Crippen LogP contribution is 2.43. The van der Waals surface area contributed by atoms with E-state index in [0.717, 1.165) is 20.9 Å². The maximum absolute atomic E-state index is 11.6. The third-order valence-corrected chi connectivity index (χ3v) is 11.8. The van der Waals surface area contributed by atoms with Crippen molar-refractivity contribution in [2.75, 3.05) is 13.2 Å². The standard InChI is InChI=1S/2C21H19N3O4S/c2*1-11-10-27-15-5-4-13(6-7-21(3,26)16-8-12(2)28-24-16)9-14(15)17-18(11)29-20(23-17)19(22)25/h2*4-5,8-9,11,26H,10H2,1-3H3,(H2,22,25)/t11-,21+;11-,21-/m01/s1. The Bertz CT molecular complexity index is 2520. The number of aryl methyl sites for hydroxylation is 2. The Balaban J connectivity index is 0.000000177. The first-order chi connectivity index (χ1) is 27.5. The van der Waals surface area contributed by atoms with Gasteiger partial charge in [0.05, 0.1) is 24.6 Å². The van der Waals surface area contributed by atoms with Crippen molar-refractivity contribution in [3.63, 3.8) is 0 Å². The SMILES string of the molecule is Cc1cc([C@](C)(O)C#Cc2ccc3c(c2)-c2nc(C(N)=O)sc2[C@@H](C)CO3)no1.Cc1cc([C@](C)(O)C#Cc2ccc3c(c2)-c2nc(C(N)=O)sc2[C@H](C)CO3)no1. The van der Waals surface area contributed by atoms with Crippen LogP contribution < -0.4 is 20.9 Å². The van der Waals surface area contributed by atoms with Crippen molar-refractivity contribution in [2.45, 2.75) is 64.6 Å². The highest BCUT2D eigenvalue weighted by Gasteiger charge is 2.29. The van der Waals surface area contributed by atoms with E-state index < -0.39 is 23.0 Å². The van der Waals surface area contributed by atoms with Gasteiger partial charge in [-0.3, -0.25) is 9.59 Å². The number of hydrogen-bond donors (Lipinski definition) is 4. The van der Waals surface area contributed by atoms with E-state index in [1.165, 1.54) is 22.7 Å². The van der Waals surface area contributed by atoms with Crippen molar-refractivity contribution >= 4 is 34.5 Å². The predicted molar refractivity (Wildman–Crippen MR) is 215 cm³/mol. The Hall–Kier alpha value is -6.30. The minimum absolute atomic E-state index is 0.0775. The van der Waals surface area contributed by atoms with Crippen molar-refractivity contribution in [3.05, 3.63) is 102 Å². The Morgan fingerprint density at radius 1 is 0.707 bits per heavy atom. The molecule has 296 valence electrons. The molecule has 6 heterocycles. The van der Waals surface area contributed by atoms with Crippen LogP contribution >= 0.6 is 22.7 Å². The first-order valence-corrected chi connectivity index (χ1v) is 19.7. The maximum Gasteiger partial charge on any atom is 0.277 e. The van der Waals surface area contributed by atoms with Gasteiger partial charge in [0.1, 0.15) is 34.4 Å². The van der Waals surface area contributed by atoms with E-state index in [2.05, 4.69) is 44.0 Å². The van der Waals surface area contributed by atoms with Crippen molar-refractivity contribution in [1.29, 1.82) is 0 Å². The number of benzene rings is 2. The van der Waals surface area contributed by atoms with Gasteiger partial charge >= 0.3 is 0 Å². The molecule has 4 atom stereocenters. The molecule has 2 aliphatic rings. The number of aromatic nitrogens is 4. The highest BCUT2D eigenvalue weighted by molar-refractivity contribution is 7.14. The quantitative estimate of drug-likeness (QED) is 0.152. The number of amides is 2. The minimum Gasteiger partial charge on any atom is -0.492 e. The first-order valence-electron chi connectivity index (χ1n) is 18.0. The summed E-state index contributed by atoms with van der Waals surface area (Å²) in [4.78, 5) is 34.0. The summed E-state index contributed by atoms with van der Waals surface area (Å²) in [6, 6.07) is 14.2. The average Bonchev–Trinajstić information content (AvgIpc) is 4.00. The minimum atomic E-state index is -1.46. The van der Waals surface area contributed by atoms with Gasteiger partial charge in [-0.15, -0.1) is 22.7 Å². The Morgan fingerprint density at radius 3 is 1.45 bits per heavy atom. The predicted octanol–water partition coefficient (Wildman–Crippen LogP) is 5.92. The van der Waals surface area contributed by atoms with E-state index in [1.54, 1.807) is 39.8 Å². The van der Waals surface area contributed by atoms with Gasteiger partial charge in [-0.25, -0.2) is 9.97 Å². The fourth-order valence-corrected chi connectivity index (χ4v) is 7.99. The Labute approximate surface area is 341 Å². The molecule has 0 radical (unpaired) electrons.